The van der Waals surface area contributed by atoms with E-state index in [2.05, 4.69) is 11.4 Å². The lowest BCUT2D eigenvalue weighted by molar-refractivity contribution is -0.724. The number of nitrogens with two attached hydrogens (primary N) is 1. The molecule has 1 aromatic heterocycles. The van der Waals surface area contributed by atoms with Gasteiger partial charge in [-0.2, -0.15) is 0 Å². The lowest BCUT2D eigenvalue weighted by Crippen LogP contribution is -2.93. The molecule has 0 unspecified atom stereocenters. The van der Waals surface area contributed by atoms with Crippen LogP contribution in [0.15, 0.2) is 40.8 Å². The predicted molar refractivity (Wildman–Crippen MR) is 90.6 cm³/mol. The average molecular weight is 326 g/mol. The normalized spacial score (nSPS) is 34.0. The zero-order chi connectivity index (χ0) is 16.1. The fourth-order valence-electron chi connectivity index (χ4n) is 5.86. The van der Waals surface area contributed by atoms with Crippen molar-refractivity contribution in [3.8, 4) is 11.3 Å². The van der Waals surface area contributed by atoms with Crippen LogP contribution >= 0.6 is 0 Å². The zero-order valence-corrected chi connectivity index (χ0v) is 14.0. The molecular formula is C21H25FNO+. The first-order valence-electron chi connectivity index (χ1n) is 9.42. The molecule has 6 rings (SSSR count). The summed E-state index contributed by atoms with van der Waals surface area (Å²) in [7, 11) is 0. The van der Waals surface area contributed by atoms with E-state index in [0.717, 1.165) is 53.3 Å². The van der Waals surface area contributed by atoms with E-state index in [1.165, 1.54) is 44.2 Å². The van der Waals surface area contributed by atoms with Gasteiger partial charge in [0.15, 0.2) is 5.76 Å². The van der Waals surface area contributed by atoms with Gasteiger partial charge in [0.05, 0.1) is 6.04 Å². The highest BCUT2D eigenvalue weighted by molar-refractivity contribution is 5.57. The Morgan fingerprint density at radius 1 is 0.875 bits per heavy atom. The summed E-state index contributed by atoms with van der Waals surface area (Å²) < 4.78 is 19.0. The fraction of sp³-hybridized carbons (Fsp3) is 0.524. The largest absolute Gasteiger partial charge is 0.455 e. The second-order valence-electron chi connectivity index (χ2n) is 8.22. The Balaban J connectivity index is 1.25. The molecule has 4 saturated carbocycles. The molecule has 4 aliphatic carbocycles. The first kappa shape index (κ1) is 14.7. The number of hydrogen-bond acceptors (Lipinski definition) is 1. The Bertz CT molecular complexity index is 692. The Hall–Kier alpha value is -1.61. The smallest absolute Gasteiger partial charge is 0.158 e. The van der Waals surface area contributed by atoms with Crippen molar-refractivity contribution in [2.75, 3.05) is 0 Å². The highest BCUT2D eigenvalue weighted by Crippen LogP contribution is 2.52. The number of quaternary nitrogens is 1. The number of hydrogen-bond donors (Lipinski definition) is 1. The second-order valence-corrected chi connectivity index (χ2v) is 8.22. The molecule has 0 radical (unpaired) electrons. The molecule has 0 saturated heterocycles. The van der Waals surface area contributed by atoms with Crippen molar-refractivity contribution in [3.63, 3.8) is 0 Å². The van der Waals surface area contributed by atoms with Crippen LogP contribution in [0.5, 0.6) is 0 Å². The number of rotatable bonds is 4. The molecule has 0 aliphatic heterocycles. The minimum Gasteiger partial charge on any atom is -0.455 e. The summed E-state index contributed by atoms with van der Waals surface area (Å²) in [5.41, 5.74) is 0.942. The summed E-state index contributed by atoms with van der Waals surface area (Å²) >= 11 is 0. The van der Waals surface area contributed by atoms with E-state index in [1.807, 2.05) is 6.07 Å². The third-order valence-corrected chi connectivity index (χ3v) is 6.68. The van der Waals surface area contributed by atoms with Gasteiger partial charge in [0.25, 0.3) is 0 Å². The van der Waals surface area contributed by atoms with Gasteiger partial charge in [-0.05, 0) is 80.3 Å². The molecular weight excluding hydrogens is 301 g/mol. The van der Waals surface area contributed by atoms with Crippen LogP contribution in [0.3, 0.4) is 0 Å². The highest BCUT2D eigenvalue weighted by Gasteiger charge is 2.50. The quantitative estimate of drug-likeness (QED) is 0.905. The molecule has 4 aliphatic rings. The lowest BCUT2D eigenvalue weighted by Gasteiger charge is -2.52. The van der Waals surface area contributed by atoms with Crippen molar-refractivity contribution in [2.45, 2.75) is 44.7 Å². The second kappa shape index (κ2) is 5.73. The molecule has 1 aromatic carbocycles. The van der Waals surface area contributed by atoms with E-state index >= 15 is 0 Å². The molecule has 0 atom stereocenters. The number of benzene rings is 1. The first-order valence-corrected chi connectivity index (χ1v) is 9.42. The van der Waals surface area contributed by atoms with Crippen molar-refractivity contribution in [3.05, 3.63) is 48.0 Å². The summed E-state index contributed by atoms with van der Waals surface area (Å²) in [6.07, 6.45) is 7.37. The fourth-order valence-corrected chi connectivity index (χ4v) is 5.86. The van der Waals surface area contributed by atoms with Gasteiger partial charge in [0.2, 0.25) is 0 Å². The van der Waals surface area contributed by atoms with Gasteiger partial charge in [-0.1, -0.05) is 0 Å². The minimum absolute atomic E-state index is 0.208. The lowest BCUT2D eigenvalue weighted by atomic mass is 9.54. The summed E-state index contributed by atoms with van der Waals surface area (Å²) in [4.78, 5) is 0. The SMILES string of the molecule is Fc1ccc(-c2ccc(C[NH2+]C3C4CC5CC(C4)CC3C5)o2)cc1. The number of halogens is 1. The molecule has 2 aromatic rings. The van der Waals surface area contributed by atoms with Crippen LogP contribution in [0, 0.1) is 29.5 Å². The summed E-state index contributed by atoms with van der Waals surface area (Å²) in [6.45, 7) is 0.925. The van der Waals surface area contributed by atoms with Crippen molar-refractivity contribution in [1.82, 2.24) is 0 Å². The van der Waals surface area contributed by atoms with Gasteiger partial charge in [-0.3, -0.25) is 0 Å². The average Bonchev–Trinajstić information content (AvgIpc) is 3.03. The molecule has 0 amide bonds. The summed E-state index contributed by atoms with van der Waals surface area (Å²) in [5.74, 6) is 5.60. The van der Waals surface area contributed by atoms with Crippen LogP contribution in [0.2, 0.25) is 0 Å². The zero-order valence-electron chi connectivity index (χ0n) is 14.0. The standard InChI is InChI=1S/C21H24FNO/c22-18-3-1-15(2-4-18)20-6-5-19(24-20)12-23-21-16-8-13-7-14(10-16)11-17(21)9-13/h1-6,13-14,16-17,21,23H,7-12H2/p+1. The molecule has 24 heavy (non-hydrogen) atoms. The first-order chi connectivity index (χ1) is 11.7. The van der Waals surface area contributed by atoms with E-state index in [-0.39, 0.29) is 5.82 Å². The van der Waals surface area contributed by atoms with E-state index in [4.69, 9.17) is 4.42 Å². The van der Waals surface area contributed by atoms with E-state index < -0.39 is 0 Å². The van der Waals surface area contributed by atoms with Gasteiger partial charge in [-0.15, -0.1) is 0 Å². The van der Waals surface area contributed by atoms with Crippen molar-refractivity contribution >= 4 is 0 Å². The van der Waals surface area contributed by atoms with Gasteiger partial charge in [0.1, 0.15) is 18.1 Å². The molecule has 2 N–H and O–H groups in total. The molecule has 4 fully saturated rings. The van der Waals surface area contributed by atoms with Gasteiger partial charge in [-0.25, -0.2) is 4.39 Å². The Kier molecular flexibility index (Phi) is 3.51. The van der Waals surface area contributed by atoms with Crippen molar-refractivity contribution in [1.29, 1.82) is 0 Å². The maximum atomic E-state index is 13.0. The molecule has 1 heterocycles. The molecule has 0 spiro atoms. The maximum Gasteiger partial charge on any atom is 0.158 e. The Morgan fingerprint density at radius 3 is 2.21 bits per heavy atom. The third-order valence-electron chi connectivity index (χ3n) is 6.68. The maximum absolute atomic E-state index is 13.0. The summed E-state index contributed by atoms with van der Waals surface area (Å²) in [5, 5.41) is 2.54. The molecule has 126 valence electrons. The van der Waals surface area contributed by atoms with Crippen LogP contribution in [0.4, 0.5) is 4.39 Å². The molecule has 3 heteroatoms. The highest BCUT2D eigenvalue weighted by atomic mass is 19.1. The topological polar surface area (TPSA) is 29.8 Å². The van der Waals surface area contributed by atoms with Crippen molar-refractivity contribution < 1.29 is 14.1 Å². The van der Waals surface area contributed by atoms with Crippen LogP contribution in [-0.4, -0.2) is 6.04 Å². The van der Waals surface area contributed by atoms with Crippen LogP contribution < -0.4 is 5.32 Å². The predicted octanol–water partition coefficient (Wildman–Crippen LogP) is 3.97. The minimum atomic E-state index is -0.208. The van der Waals surface area contributed by atoms with E-state index in [0.29, 0.717) is 0 Å². The van der Waals surface area contributed by atoms with Gasteiger partial charge < -0.3 is 9.73 Å². The molecule has 2 nitrogen and oxygen atoms in total. The van der Waals surface area contributed by atoms with Gasteiger partial charge >= 0.3 is 0 Å². The van der Waals surface area contributed by atoms with Gasteiger partial charge in [0, 0.05) is 17.4 Å². The van der Waals surface area contributed by atoms with E-state index in [1.54, 1.807) is 12.1 Å². The monoisotopic (exact) mass is 326 g/mol. The molecule has 4 bridgehead atoms. The number of furan rings is 1. The summed E-state index contributed by atoms with van der Waals surface area (Å²) in [6, 6.07) is 11.4. The van der Waals surface area contributed by atoms with Crippen LogP contribution in [0.25, 0.3) is 11.3 Å². The van der Waals surface area contributed by atoms with E-state index in [9.17, 15) is 4.39 Å². The van der Waals surface area contributed by atoms with Crippen molar-refractivity contribution in [2.24, 2.45) is 23.7 Å². The van der Waals surface area contributed by atoms with Crippen LogP contribution in [-0.2, 0) is 6.54 Å². The van der Waals surface area contributed by atoms with Crippen LogP contribution in [0.1, 0.15) is 37.9 Å². The third kappa shape index (κ3) is 2.59. The Morgan fingerprint density at radius 2 is 1.54 bits per heavy atom. The Labute approximate surface area is 142 Å².